The fourth-order valence-corrected chi connectivity index (χ4v) is 1.74. The Bertz CT molecular complexity index is 423. The van der Waals surface area contributed by atoms with Crippen molar-refractivity contribution >= 4 is 17.3 Å². The van der Waals surface area contributed by atoms with Crippen LogP contribution in [0.1, 0.15) is 23.7 Å². The van der Waals surface area contributed by atoms with E-state index >= 15 is 0 Å². The van der Waals surface area contributed by atoms with Gasteiger partial charge in [-0.15, -0.1) is 0 Å². The summed E-state index contributed by atoms with van der Waals surface area (Å²) in [5, 5.41) is 0. The number of nitrogens with zero attached hydrogens (tertiary/aromatic N) is 2. The van der Waals surface area contributed by atoms with Gasteiger partial charge in [0.05, 0.1) is 5.69 Å². The van der Waals surface area contributed by atoms with Gasteiger partial charge in [0.2, 0.25) is 5.78 Å². The molecule has 0 saturated carbocycles. The highest BCUT2D eigenvalue weighted by Gasteiger charge is 2.30. The summed E-state index contributed by atoms with van der Waals surface area (Å²) in [6.07, 6.45) is 0.959. The Kier molecular flexibility index (Phi) is 2.54. The lowest BCUT2D eigenvalue weighted by molar-refractivity contribution is 0.106. The normalized spacial score (nSPS) is 17.3. The summed E-state index contributed by atoms with van der Waals surface area (Å²) < 4.78 is 0. The largest absolute Gasteiger partial charge is 0.326 e. The molecule has 1 aliphatic heterocycles. The Labute approximate surface area is 89.4 Å². The van der Waals surface area contributed by atoms with Crippen molar-refractivity contribution in [3.8, 4) is 0 Å². The van der Waals surface area contributed by atoms with Gasteiger partial charge < -0.3 is 4.90 Å². The third-order valence-corrected chi connectivity index (χ3v) is 2.52. The molecule has 0 aliphatic carbocycles. The molecule has 0 spiro atoms. The standard InChI is InChI=1S/C12H14N2O/c1-3-8-13-12-11(15)9-6-4-5-7-10(9)14(12)2/h4-7H,3,8H2,1-2H3. The average Bonchev–Trinajstić information content (AvgIpc) is 2.51. The predicted molar refractivity (Wildman–Crippen MR) is 61.8 cm³/mol. The van der Waals surface area contributed by atoms with Crippen LogP contribution in [0.5, 0.6) is 0 Å². The molecular weight excluding hydrogens is 188 g/mol. The third-order valence-electron chi connectivity index (χ3n) is 2.52. The highest BCUT2D eigenvalue weighted by Crippen LogP contribution is 2.27. The highest BCUT2D eigenvalue weighted by molar-refractivity contribution is 6.54. The quantitative estimate of drug-likeness (QED) is 0.736. The molecule has 0 aromatic heterocycles. The fraction of sp³-hybridized carbons (Fsp3) is 0.333. The number of carbonyl (C=O) groups excluding carboxylic acids is 1. The van der Waals surface area contributed by atoms with Gasteiger partial charge in [0.1, 0.15) is 0 Å². The summed E-state index contributed by atoms with van der Waals surface area (Å²) in [7, 11) is 1.89. The van der Waals surface area contributed by atoms with Crippen LogP contribution in [0.3, 0.4) is 0 Å². The van der Waals surface area contributed by atoms with Crippen molar-refractivity contribution in [1.82, 2.24) is 0 Å². The van der Waals surface area contributed by atoms with E-state index in [4.69, 9.17) is 0 Å². The van der Waals surface area contributed by atoms with Crippen LogP contribution in [-0.4, -0.2) is 25.2 Å². The molecule has 0 N–H and O–H groups in total. The number of hydrogen-bond donors (Lipinski definition) is 0. The van der Waals surface area contributed by atoms with Crippen LogP contribution in [0.2, 0.25) is 0 Å². The van der Waals surface area contributed by atoms with Crippen molar-refractivity contribution in [2.75, 3.05) is 18.5 Å². The summed E-state index contributed by atoms with van der Waals surface area (Å²) in [4.78, 5) is 18.1. The molecule has 2 rings (SSSR count). The molecule has 15 heavy (non-hydrogen) atoms. The van der Waals surface area contributed by atoms with Gasteiger partial charge in [-0.3, -0.25) is 9.79 Å². The maximum Gasteiger partial charge on any atom is 0.230 e. The van der Waals surface area contributed by atoms with Gasteiger partial charge in [-0.1, -0.05) is 19.1 Å². The minimum atomic E-state index is 0.0431. The van der Waals surface area contributed by atoms with Crippen LogP contribution in [0.4, 0.5) is 5.69 Å². The van der Waals surface area contributed by atoms with E-state index in [9.17, 15) is 4.79 Å². The second kappa shape index (κ2) is 3.85. The van der Waals surface area contributed by atoms with Crippen molar-refractivity contribution in [3.63, 3.8) is 0 Å². The zero-order valence-corrected chi connectivity index (χ0v) is 9.03. The lowest BCUT2D eigenvalue weighted by Gasteiger charge is -2.11. The van der Waals surface area contributed by atoms with E-state index in [1.807, 2.05) is 36.2 Å². The summed E-state index contributed by atoms with van der Waals surface area (Å²) >= 11 is 0. The summed E-state index contributed by atoms with van der Waals surface area (Å²) in [6.45, 7) is 2.76. The minimum absolute atomic E-state index is 0.0431. The molecule has 1 aromatic rings. The number of anilines is 1. The van der Waals surface area contributed by atoms with E-state index in [1.165, 1.54) is 0 Å². The maximum atomic E-state index is 11.9. The van der Waals surface area contributed by atoms with Gasteiger partial charge in [-0.25, -0.2) is 0 Å². The maximum absolute atomic E-state index is 11.9. The number of ketones is 1. The molecule has 0 saturated heterocycles. The lowest BCUT2D eigenvalue weighted by Crippen LogP contribution is -2.26. The van der Waals surface area contributed by atoms with E-state index in [2.05, 4.69) is 11.9 Å². The van der Waals surface area contributed by atoms with Crippen LogP contribution in [-0.2, 0) is 0 Å². The number of para-hydroxylation sites is 1. The van der Waals surface area contributed by atoms with Crippen molar-refractivity contribution in [2.24, 2.45) is 4.99 Å². The Morgan fingerprint density at radius 1 is 1.33 bits per heavy atom. The molecule has 0 amide bonds. The molecule has 3 heteroatoms. The first kappa shape index (κ1) is 9.90. The Hall–Kier alpha value is -1.64. The molecule has 1 heterocycles. The molecule has 0 fully saturated rings. The van der Waals surface area contributed by atoms with Crippen LogP contribution >= 0.6 is 0 Å². The SMILES string of the molecule is CCCN=C1C(=O)c2ccccc2N1C. The topological polar surface area (TPSA) is 32.7 Å². The van der Waals surface area contributed by atoms with E-state index in [0.29, 0.717) is 12.4 Å². The van der Waals surface area contributed by atoms with E-state index in [1.54, 1.807) is 0 Å². The van der Waals surface area contributed by atoms with Gasteiger partial charge >= 0.3 is 0 Å². The number of benzene rings is 1. The van der Waals surface area contributed by atoms with Crippen molar-refractivity contribution in [2.45, 2.75) is 13.3 Å². The molecule has 1 aliphatic rings. The van der Waals surface area contributed by atoms with E-state index in [0.717, 1.165) is 17.7 Å². The molecule has 1 aromatic carbocycles. The van der Waals surface area contributed by atoms with E-state index in [-0.39, 0.29) is 5.78 Å². The van der Waals surface area contributed by atoms with E-state index < -0.39 is 0 Å². The van der Waals surface area contributed by atoms with Gasteiger partial charge in [-0.05, 0) is 18.6 Å². The number of likely N-dealkylation sites (N-methyl/N-ethyl adjacent to an activating group) is 1. The van der Waals surface area contributed by atoms with Crippen LogP contribution < -0.4 is 4.90 Å². The number of hydrogen-bond acceptors (Lipinski definition) is 2. The lowest BCUT2D eigenvalue weighted by atomic mass is 10.1. The van der Waals surface area contributed by atoms with Crippen molar-refractivity contribution in [1.29, 1.82) is 0 Å². The third kappa shape index (κ3) is 1.54. The first-order valence-electron chi connectivity index (χ1n) is 5.17. The predicted octanol–water partition coefficient (Wildman–Crippen LogP) is 2.13. The minimum Gasteiger partial charge on any atom is -0.326 e. The molecular formula is C12H14N2O. The van der Waals surface area contributed by atoms with Crippen molar-refractivity contribution in [3.05, 3.63) is 29.8 Å². The molecule has 3 nitrogen and oxygen atoms in total. The number of carbonyl (C=O) groups is 1. The van der Waals surface area contributed by atoms with Crippen LogP contribution in [0.25, 0.3) is 0 Å². The molecule has 0 radical (unpaired) electrons. The van der Waals surface area contributed by atoms with Gasteiger partial charge in [-0.2, -0.15) is 0 Å². The zero-order chi connectivity index (χ0) is 10.8. The van der Waals surface area contributed by atoms with Gasteiger partial charge in [0.25, 0.3) is 0 Å². The van der Waals surface area contributed by atoms with Crippen LogP contribution in [0.15, 0.2) is 29.3 Å². The number of rotatable bonds is 2. The summed E-state index contributed by atoms with van der Waals surface area (Å²) in [5.74, 6) is 0.611. The van der Waals surface area contributed by atoms with Gasteiger partial charge in [0, 0.05) is 19.2 Å². The molecule has 0 atom stereocenters. The Morgan fingerprint density at radius 3 is 2.73 bits per heavy atom. The summed E-state index contributed by atoms with van der Waals surface area (Å²) in [6, 6.07) is 7.61. The Balaban J connectivity index is 2.41. The number of aliphatic imine (C=N–C) groups is 1. The van der Waals surface area contributed by atoms with Crippen molar-refractivity contribution < 1.29 is 4.79 Å². The number of amidine groups is 1. The van der Waals surface area contributed by atoms with Crippen LogP contribution in [0, 0.1) is 0 Å². The Morgan fingerprint density at radius 2 is 2.07 bits per heavy atom. The second-order valence-corrected chi connectivity index (χ2v) is 3.61. The first-order valence-corrected chi connectivity index (χ1v) is 5.17. The highest BCUT2D eigenvalue weighted by atomic mass is 16.1. The number of Topliss-reactive ketones (excluding diaryl/α,β-unsaturated/α-hetero) is 1. The molecule has 0 unspecified atom stereocenters. The monoisotopic (exact) mass is 202 g/mol. The second-order valence-electron chi connectivity index (χ2n) is 3.61. The number of fused-ring (bicyclic) bond motifs is 1. The average molecular weight is 202 g/mol. The summed E-state index contributed by atoms with van der Waals surface area (Å²) in [5.41, 5.74) is 1.72. The molecule has 0 bridgehead atoms. The zero-order valence-electron chi connectivity index (χ0n) is 9.03. The fourth-order valence-electron chi connectivity index (χ4n) is 1.74. The smallest absolute Gasteiger partial charge is 0.230 e. The molecule has 78 valence electrons. The van der Waals surface area contributed by atoms with Gasteiger partial charge in [0.15, 0.2) is 5.84 Å². The first-order chi connectivity index (χ1) is 7.25.